The summed E-state index contributed by atoms with van der Waals surface area (Å²) in [4.78, 5) is 12.2. The normalized spacial score (nSPS) is 10.7. The van der Waals surface area contributed by atoms with Crippen LogP contribution in [0.5, 0.6) is 0 Å². The number of aromatic nitrogens is 2. The molecule has 4 nitrogen and oxygen atoms in total. The van der Waals surface area contributed by atoms with E-state index in [1.807, 2.05) is 43.3 Å². The largest absolute Gasteiger partial charge is 0.415 e. The Kier molecular flexibility index (Phi) is 4.79. The summed E-state index contributed by atoms with van der Waals surface area (Å²) in [5.41, 5.74) is 2.73. The third kappa shape index (κ3) is 4.21. The van der Waals surface area contributed by atoms with Crippen LogP contribution in [0.3, 0.4) is 0 Å². The van der Waals surface area contributed by atoms with Gasteiger partial charge in [-0.15, -0.1) is 10.2 Å². The second kappa shape index (κ2) is 6.98. The lowest BCUT2D eigenvalue weighted by atomic mass is 10.1. The van der Waals surface area contributed by atoms with E-state index in [9.17, 15) is 4.79 Å². The van der Waals surface area contributed by atoms with E-state index >= 15 is 0 Å². The maximum atomic E-state index is 12.2. The summed E-state index contributed by atoms with van der Waals surface area (Å²) >= 11 is 6.79. The van der Waals surface area contributed by atoms with Crippen LogP contribution < -0.4 is 0 Å². The highest BCUT2D eigenvalue weighted by atomic mass is 35.5. The Morgan fingerprint density at radius 2 is 1.78 bits per heavy atom. The van der Waals surface area contributed by atoms with Gasteiger partial charge in [-0.2, -0.15) is 0 Å². The number of thioether (sulfide) groups is 1. The molecule has 0 bridgehead atoms. The van der Waals surface area contributed by atoms with Gasteiger partial charge < -0.3 is 4.42 Å². The molecule has 0 N–H and O–H groups in total. The van der Waals surface area contributed by atoms with Crippen LogP contribution in [0.25, 0.3) is 0 Å². The lowest BCUT2D eigenvalue weighted by Gasteiger charge is -1.98. The van der Waals surface area contributed by atoms with Crippen LogP contribution in [0.4, 0.5) is 0 Å². The molecule has 3 aromatic rings. The Hall–Kier alpha value is -2.11. The molecule has 0 radical (unpaired) electrons. The van der Waals surface area contributed by atoms with Crippen LogP contribution >= 0.6 is 23.4 Å². The third-order valence-electron chi connectivity index (χ3n) is 3.18. The fourth-order valence-electron chi connectivity index (χ4n) is 1.96. The van der Waals surface area contributed by atoms with Gasteiger partial charge in [0.25, 0.3) is 5.22 Å². The van der Waals surface area contributed by atoms with Crippen molar-refractivity contribution in [2.45, 2.75) is 18.6 Å². The number of hydrogen-bond acceptors (Lipinski definition) is 5. The van der Waals surface area contributed by atoms with Crippen molar-refractivity contribution in [2.75, 3.05) is 0 Å². The summed E-state index contributed by atoms with van der Waals surface area (Å²) in [5.74, 6) is 0.464. The predicted molar refractivity (Wildman–Crippen MR) is 89.9 cm³/mol. The molecule has 3 rings (SSSR count). The van der Waals surface area contributed by atoms with E-state index in [1.165, 1.54) is 0 Å². The first-order valence-corrected chi connectivity index (χ1v) is 8.15. The van der Waals surface area contributed by atoms with Gasteiger partial charge in [0, 0.05) is 22.3 Å². The van der Waals surface area contributed by atoms with E-state index in [-0.39, 0.29) is 10.3 Å². The highest BCUT2D eigenvalue weighted by Crippen LogP contribution is 2.23. The van der Waals surface area contributed by atoms with Crippen molar-refractivity contribution >= 4 is 28.5 Å². The minimum Gasteiger partial charge on any atom is -0.415 e. The molecule has 0 unspecified atom stereocenters. The monoisotopic (exact) mass is 344 g/mol. The second-order valence-corrected chi connectivity index (χ2v) is 6.38. The average molecular weight is 345 g/mol. The minimum absolute atomic E-state index is 0.119. The van der Waals surface area contributed by atoms with E-state index in [4.69, 9.17) is 16.0 Å². The highest BCUT2D eigenvalue weighted by molar-refractivity contribution is 8.14. The first kappa shape index (κ1) is 15.8. The number of aryl methyl sites for hydroxylation is 1. The molecule has 0 aliphatic rings. The van der Waals surface area contributed by atoms with Gasteiger partial charge in [0.1, 0.15) is 0 Å². The summed E-state index contributed by atoms with van der Waals surface area (Å²) in [5, 5.41) is 8.69. The fraction of sp³-hybridized carbons (Fsp3) is 0.118. The van der Waals surface area contributed by atoms with Crippen molar-refractivity contribution in [3.05, 3.63) is 76.1 Å². The van der Waals surface area contributed by atoms with Gasteiger partial charge in [0.2, 0.25) is 11.0 Å². The Morgan fingerprint density at radius 1 is 1.09 bits per heavy atom. The Labute approximate surface area is 142 Å². The molecule has 2 aromatic carbocycles. The van der Waals surface area contributed by atoms with E-state index in [0.29, 0.717) is 22.9 Å². The summed E-state index contributed by atoms with van der Waals surface area (Å²) in [6, 6.07) is 14.8. The molecule has 0 aliphatic heterocycles. The lowest BCUT2D eigenvalue weighted by Crippen LogP contribution is -1.92. The minimum atomic E-state index is -0.119. The van der Waals surface area contributed by atoms with Gasteiger partial charge in [0.15, 0.2) is 0 Å². The number of rotatable bonds is 4. The Morgan fingerprint density at radius 3 is 2.48 bits per heavy atom. The molecular formula is C17H13ClN2O2S. The van der Waals surface area contributed by atoms with Gasteiger partial charge in [-0.25, -0.2) is 0 Å². The van der Waals surface area contributed by atoms with Gasteiger partial charge in [-0.3, -0.25) is 4.79 Å². The first-order valence-electron chi connectivity index (χ1n) is 6.96. The predicted octanol–water partition coefficient (Wildman–Crippen LogP) is 4.55. The van der Waals surface area contributed by atoms with Gasteiger partial charge in [0.05, 0.1) is 6.42 Å². The number of halogens is 1. The molecule has 0 atom stereocenters. The third-order valence-corrected chi connectivity index (χ3v) is 4.20. The van der Waals surface area contributed by atoms with Crippen LogP contribution in [0.15, 0.2) is 58.2 Å². The quantitative estimate of drug-likeness (QED) is 0.649. The number of benzene rings is 2. The van der Waals surface area contributed by atoms with E-state index in [2.05, 4.69) is 10.2 Å². The molecule has 0 aliphatic carbocycles. The summed E-state index contributed by atoms with van der Waals surface area (Å²) in [6.45, 7) is 1.97. The van der Waals surface area contributed by atoms with Crippen molar-refractivity contribution in [3.63, 3.8) is 0 Å². The smallest absolute Gasteiger partial charge is 0.284 e. The van der Waals surface area contributed by atoms with Crippen LogP contribution in [0, 0.1) is 6.92 Å². The number of carbonyl (C=O) groups excluding carboxylic acids is 1. The molecule has 0 fully saturated rings. The van der Waals surface area contributed by atoms with Crippen LogP contribution in [0.1, 0.15) is 27.4 Å². The molecule has 0 amide bonds. The van der Waals surface area contributed by atoms with E-state index in [1.54, 1.807) is 12.1 Å². The second-order valence-electron chi connectivity index (χ2n) is 5.02. The Balaban J connectivity index is 1.66. The summed E-state index contributed by atoms with van der Waals surface area (Å²) < 4.78 is 5.52. The molecule has 116 valence electrons. The molecule has 0 saturated heterocycles. The zero-order chi connectivity index (χ0) is 16.2. The van der Waals surface area contributed by atoms with Crippen molar-refractivity contribution in [1.82, 2.24) is 10.2 Å². The topological polar surface area (TPSA) is 56.0 Å². The summed E-state index contributed by atoms with van der Waals surface area (Å²) in [7, 11) is 0. The van der Waals surface area contributed by atoms with Gasteiger partial charge in [-0.1, -0.05) is 53.6 Å². The highest BCUT2D eigenvalue weighted by Gasteiger charge is 2.14. The number of nitrogens with zero attached hydrogens (tertiary/aromatic N) is 2. The van der Waals surface area contributed by atoms with Crippen LogP contribution in [-0.2, 0) is 6.42 Å². The first-order chi connectivity index (χ1) is 11.1. The molecule has 1 aromatic heterocycles. The Bertz CT molecular complexity index is 813. The molecule has 6 heteroatoms. The average Bonchev–Trinajstić information content (AvgIpc) is 2.97. The van der Waals surface area contributed by atoms with E-state index in [0.717, 1.165) is 22.9 Å². The van der Waals surface area contributed by atoms with Crippen molar-refractivity contribution in [3.8, 4) is 0 Å². The SMILES string of the molecule is Cc1ccc(C(=O)Sc2nnc(Cc3ccc(Cl)cc3)o2)cc1. The number of carbonyl (C=O) groups is 1. The van der Waals surface area contributed by atoms with Gasteiger partial charge in [-0.05, 0) is 24.6 Å². The number of hydrogen-bond donors (Lipinski definition) is 0. The maximum Gasteiger partial charge on any atom is 0.284 e. The zero-order valence-electron chi connectivity index (χ0n) is 12.3. The molecule has 1 heterocycles. The molecule has 23 heavy (non-hydrogen) atoms. The van der Waals surface area contributed by atoms with Gasteiger partial charge >= 0.3 is 0 Å². The maximum absolute atomic E-state index is 12.2. The van der Waals surface area contributed by atoms with Crippen molar-refractivity contribution in [2.24, 2.45) is 0 Å². The van der Waals surface area contributed by atoms with Crippen LogP contribution in [-0.4, -0.2) is 15.3 Å². The van der Waals surface area contributed by atoms with Crippen molar-refractivity contribution in [1.29, 1.82) is 0 Å². The van der Waals surface area contributed by atoms with Crippen LogP contribution in [0.2, 0.25) is 5.02 Å². The van der Waals surface area contributed by atoms with E-state index < -0.39 is 0 Å². The molecular weight excluding hydrogens is 332 g/mol. The molecule has 0 saturated carbocycles. The molecule has 0 spiro atoms. The fourth-order valence-corrected chi connectivity index (χ4v) is 2.71. The summed E-state index contributed by atoms with van der Waals surface area (Å²) in [6.07, 6.45) is 0.503. The van der Waals surface area contributed by atoms with Crippen molar-refractivity contribution < 1.29 is 9.21 Å². The standard InChI is InChI=1S/C17H13ClN2O2S/c1-11-2-6-13(7-3-11)16(21)23-17-20-19-15(22-17)10-12-4-8-14(18)9-5-12/h2-9H,10H2,1H3. The zero-order valence-corrected chi connectivity index (χ0v) is 13.9. The lowest BCUT2D eigenvalue weighted by molar-refractivity contribution is 0.108.